The molecular formula is C13H16F2O2. The number of ether oxygens (including phenoxy) is 1. The summed E-state index contributed by atoms with van der Waals surface area (Å²) < 4.78 is 31.1. The molecule has 1 rings (SSSR count). The van der Waals surface area contributed by atoms with Crippen LogP contribution in [0, 0.1) is 11.6 Å². The largest absolute Gasteiger partial charge is 0.370 e. The molecule has 17 heavy (non-hydrogen) atoms. The molecule has 0 saturated heterocycles. The number of carbonyl (C=O) groups is 1. The Morgan fingerprint density at radius 3 is 2.53 bits per heavy atom. The van der Waals surface area contributed by atoms with E-state index < -0.39 is 17.7 Å². The van der Waals surface area contributed by atoms with Crippen molar-refractivity contribution in [3.63, 3.8) is 0 Å². The van der Waals surface area contributed by atoms with Gasteiger partial charge in [-0.3, -0.25) is 4.79 Å². The fourth-order valence-corrected chi connectivity index (χ4v) is 1.59. The van der Waals surface area contributed by atoms with Crippen LogP contribution in [0.1, 0.15) is 37.0 Å². The van der Waals surface area contributed by atoms with Crippen molar-refractivity contribution in [1.82, 2.24) is 0 Å². The van der Waals surface area contributed by atoms with Gasteiger partial charge in [0.25, 0.3) is 0 Å². The molecule has 0 amide bonds. The smallest absolute Gasteiger partial charge is 0.191 e. The molecule has 1 aromatic rings. The van der Waals surface area contributed by atoms with Crippen molar-refractivity contribution < 1.29 is 18.3 Å². The Kier molecular flexibility index (Phi) is 5.22. The van der Waals surface area contributed by atoms with Gasteiger partial charge in [-0.15, -0.1) is 0 Å². The second-order valence-corrected chi connectivity index (χ2v) is 3.73. The van der Waals surface area contributed by atoms with Gasteiger partial charge in [-0.2, -0.15) is 0 Å². The lowest BCUT2D eigenvalue weighted by atomic mass is 10.0. The van der Waals surface area contributed by atoms with Crippen LogP contribution in [0.25, 0.3) is 0 Å². The molecule has 0 aromatic heterocycles. The minimum atomic E-state index is -1.01. The van der Waals surface area contributed by atoms with Gasteiger partial charge in [0.2, 0.25) is 0 Å². The molecular weight excluding hydrogens is 226 g/mol. The molecule has 0 heterocycles. The second kappa shape index (κ2) is 6.45. The summed E-state index contributed by atoms with van der Waals surface area (Å²) in [6.45, 7) is 4.14. The topological polar surface area (TPSA) is 26.3 Å². The molecule has 1 unspecified atom stereocenters. The van der Waals surface area contributed by atoms with Gasteiger partial charge in [0.05, 0.1) is 0 Å². The van der Waals surface area contributed by atoms with Crippen molar-refractivity contribution in [1.29, 1.82) is 0 Å². The molecule has 0 saturated carbocycles. The molecule has 0 aliphatic carbocycles. The van der Waals surface area contributed by atoms with Crippen LogP contribution in [0.4, 0.5) is 8.78 Å². The van der Waals surface area contributed by atoms with Crippen LogP contribution in [-0.4, -0.2) is 18.5 Å². The first-order chi connectivity index (χ1) is 8.10. The molecule has 0 aliphatic heterocycles. The zero-order valence-corrected chi connectivity index (χ0v) is 10.0. The van der Waals surface area contributed by atoms with Crippen LogP contribution in [0.5, 0.6) is 0 Å². The van der Waals surface area contributed by atoms with E-state index in [2.05, 4.69) is 0 Å². The van der Waals surface area contributed by atoms with Crippen LogP contribution in [0.2, 0.25) is 0 Å². The van der Waals surface area contributed by atoms with Crippen molar-refractivity contribution in [3.05, 3.63) is 35.4 Å². The highest BCUT2D eigenvalue weighted by Crippen LogP contribution is 2.14. The first kappa shape index (κ1) is 13.8. The number of benzene rings is 1. The van der Waals surface area contributed by atoms with E-state index >= 15 is 0 Å². The molecule has 0 N–H and O–H groups in total. The van der Waals surface area contributed by atoms with E-state index in [0.717, 1.165) is 18.6 Å². The predicted molar refractivity (Wildman–Crippen MR) is 61.0 cm³/mol. The fraction of sp³-hybridized carbons (Fsp3) is 0.462. The SMILES string of the molecule is CCCC(OCC)C(=O)c1ccc(F)c(F)c1. The molecule has 1 atom stereocenters. The van der Waals surface area contributed by atoms with Crippen LogP contribution in [0.15, 0.2) is 18.2 Å². The lowest BCUT2D eigenvalue weighted by Gasteiger charge is -2.15. The summed E-state index contributed by atoms with van der Waals surface area (Å²) in [5, 5.41) is 0. The number of Topliss-reactive ketones (excluding diaryl/α,β-unsaturated/α-hetero) is 1. The van der Waals surface area contributed by atoms with Gasteiger partial charge < -0.3 is 4.74 Å². The molecule has 0 bridgehead atoms. The van der Waals surface area contributed by atoms with Crippen molar-refractivity contribution in [2.75, 3.05) is 6.61 Å². The molecule has 2 nitrogen and oxygen atoms in total. The van der Waals surface area contributed by atoms with Crippen molar-refractivity contribution in [2.24, 2.45) is 0 Å². The fourth-order valence-electron chi connectivity index (χ4n) is 1.59. The summed E-state index contributed by atoms with van der Waals surface area (Å²) in [6, 6.07) is 3.15. The Balaban J connectivity index is 2.88. The number of hydrogen-bond acceptors (Lipinski definition) is 2. The summed E-state index contributed by atoms with van der Waals surface area (Å²) in [6.07, 6.45) is 0.793. The van der Waals surface area contributed by atoms with Gasteiger partial charge >= 0.3 is 0 Å². The van der Waals surface area contributed by atoms with E-state index in [1.165, 1.54) is 6.07 Å². The van der Waals surface area contributed by atoms with Crippen LogP contribution >= 0.6 is 0 Å². The highest BCUT2D eigenvalue weighted by molar-refractivity contribution is 5.99. The Bertz CT molecular complexity index is 385. The first-order valence-electron chi connectivity index (χ1n) is 5.71. The number of carbonyl (C=O) groups excluding carboxylic acids is 1. The highest BCUT2D eigenvalue weighted by Gasteiger charge is 2.20. The Labute approximate surface area is 99.6 Å². The Morgan fingerprint density at radius 1 is 1.29 bits per heavy atom. The van der Waals surface area contributed by atoms with Gasteiger partial charge in [-0.05, 0) is 31.5 Å². The Hall–Kier alpha value is -1.29. The molecule has 94 valence electrons. The van der Waals surface area contributed by atoms with E-state index in [4.69, 9.17) is 4.74 Å². The van der Waals surface area contributed by atoms with Crippen molar-refractivity contribution in [3.8, 4) is 0 Å². The zero-order chi connectivity index (χ0) is 12.8. The maximum atomic E-state index is 13.0. The highest BCUT2D eigenvalue weighted by atomic mass is 19.2. The lowest BCUT2D eigenvalue weighted by Crippen LogP contribution is -2.24. The quantitative estimate of drug-likeness (QED) is 0.715. The van der Waals surface area contributed by atoms with Gasteiger partial charge in [-0.1, -0.05) is 13.3 Å². The molecule has 0 spiro atoms. The first-order valence-corrected chi connectivity index (χ1v) is 5.71. The summed E-state index contributed by atoms with van der Waals surface area (Å²) in [5.41, 5.74) is 0.149. The number of hydrogen-bond donors (Lipinski definition) is 0. The molecule has 0 radical (unpaired) electrons. The monoisotopic (exact) mass is 242 g/mol. The molecule has 1 aromatic carbocycles. The lowest BCUT2D eigenvalue weighted by molar-refractivity contribution is 0.0423. The van der Waals surface area contributed by atoms with Crippen LogP contribution in [0.3, 0.4) is 0 Å². The van der Waals surface area contributed by atoms with Crippen LogP contribution < -0.4 is 0 Å². The molecule has 0 aliphatic rings. The van der Waals surface area contributed by atoms with Crippen molar-refractivity contribution in [2.45, 2.75) is 32.8 Å². The van der Waals surface area contributed by atoms with Crippen molar-refractivity contribution >= 4 is 5.78 Å². The van der Waals surface area contributed by atoms with E-state index in [1.807, 2.05) is 6.92 Å². The average Bonchev–Trinajstić information content (AvgIpc) is 2.31. The van der Waals surface area contributed by atoms with Crippen LogP contribution in [-0.2, 0) is 4.74 Å². The van der Waals surface area contributed by atoms with Gasteiger partial charge in [0, 0.05) is 12.2 Å². The predicted octanol–water partition coefficient (Wildman–Crippen LogP) is 3.35. The normalized spacial score (nSPS) is 12.5. The maximum absolute atomic E-state index is 13.0. The minimum Gasteiger partial charge on any atom is -0.370 e. The van der Waals surface area contributed by atoms with Gasteiger partial charge in [0.15, 0.2) is 17.4 Å². The third kappa shape index (κ3) is 3.60. The van der Waals surface area contributed by atoms with Gasteiger partial charge in [0.1, 0.15) is 6.10 Å². The third-order valence-electron chi connectivity index (χ3n) is 2.42. The number of halogens is 2. The third-order valence-corrected chi connectivity index (χ3v) is 2.42. The summed E-state index contributed by atoms with van der Waals surface area (Å²) in [4.78, 5) is 12.0. The van der Waals surface area contributed by atoms with Gasteiger partial charge in [-0.25, -0.2) is 8.78 Å². The molecule has 4 heteroatoms. The average molecular weight is 242 g/mol. The Morgan fingerprint density at radius 2 is 2.00 bits per heavy atom. The minimum absolute atomic E-state index is 0.149. The standard InChI is InChI=1S/C13H16F2O2/c1-3-5-12(17-4-2)13(16)9-6-7-10(14)11(15)8-9/h6-8,12H,3-5H2,1-2H3. The molecule has 0 fully saturated rings. The summed E-state index contributed by atoms with van der Waals surface area (Å²) >= 11 is 0. The number of rotatable bonds is 6. The van der Waals surface area contributed by atoms with E-state index in [0.29, 0.717) is 13.0 Å². The maximum Gasteiger partial charge on any atom is 0.191 e. The summed E-state index contributed by atoms with van der Waals surface area (Å²) in [7, 11) is 0. The van der Waals surface area contributed by atoms with E-state index in [9.17, 15) is 13.6 Å². The second-order valence-electron chi connectivity index (χ2n) is 3.73. The summed E-state index contributed by atoms with van der Waals surface area (Å²) in [5.74, 6) is -2.26. The zero-order valence-electron chi connectivity index (χ0n) is 10.0. The van der Waals surface area contributed by atoms with E-state index in [1.54, 1.807) is 6.92 Å². The number of ketones is 1. The van der Waals surface area contributed by atoms with E-state index in [-0.39, 0.29) is 11.3 Å².